The lowest BCUT2D eigenvalue weighted by Crippen LogP contribution is -2.39. The Morgan fingerprint density at radius 2 is 1.69 bits per heavy atom. The van der Waals surface area contributed by atoms with Gasteiger partial charge in [0.1, 0.15) is 12.4 Å². The van der Waals surface area contributed by atoms with Crippen LogP contribution in [0.5, 0.6) is 5.75 Å². The number of carbonyl (C=O) groups is 2. The molecule has 0 aromatic heterocycles. The molecule has 3 rings (SSSR count). The Hall–Kier alpha value is -3.35. The third kappa shape index (κ3) is 6.57. The Kier molecular flexibility index (Phi) is 8.25. The molecule has 0 aliphatic heterocycles. The highest BCUT2D eigenvalue weighted by Gasteiger charge is 2.16. The maximum atomic E-state index is 12.1. The zero-order valence-electron chi connectivity index (χ0n) is 17.2. The molecule has 0 unspecified atom stereocenters. The van der Waals surface area contributed by atoms with Crippen LogP contribution in [0.1, 0.15) is 29.7 Å². The summed E-state index contributed by atoms with van der Waals surface area (Å²) in [4.78, 5) is 24.2. The van der Waals surface area contributed by atoms with Crippen molar-refractivity contribution < 1.29 is 14.3 Å². The van der Waals surface area contributed by atoms with E-state index in [1.165, 1.54) is 6.21 Å². The fourth-order valence-corrected chi connectivity index (χ4v) is 3.13. The standard InChI is InChI=1S/C24H21Cl2N3O3/c1-16(18-7-3-2-4-8-18)28-23(30)24(31)29-27-14-19-9-5-6-10-22(19)32-15-17-11-12-20(25)21(26)13-17/h2-14,16H,15H2,1H3,(H,28,30)(H,29,31)/b27-14-/t16-/m1/s1. The second-order valence-corrected chi connectivity index (χ2v) is 7.69. The minimum absolute atomic E-state index is 0.272. The van der Waals surface area contributed by atoms with Crippen molar-refractivity contribution >= 4 is 41.2 Å². The topological polar surface area (TPSA) is 79.8 Å². The summed E-state index contributed by atoms with van der Waals surface area (Å²) in [6.07, 6.45) is 1.41. The van der Waals surface area contributed by atoms with Crippen LogP contribution in [0, 0.1) is 0 Å². The third-order valence-electron chi connectivity index (χ3n) is 4.52. The average molecular weight is 470 g/mol. The molecule has 0 saturated heterocycles. The van der Waals surface area contributed by atoms with E-state index in [1.54, 1.807) is 31.2 Å². The first kappa shape index (κ1) is 23.3. The number of rotatable bonds is 7. The number of benzene rings is 3. The molecular formula is C24H21Cl2N3O3. The number of para-hydroxylation sites is 1. The first-order chi connectivity index (χ1) is 15.4. The summed E-state index contributed by atoms with van der Waals surface area (Å²) in [5.74, 6) is -1.08. The first-order valence-corrected chi connectivity index (χ1v) is 10.5. The van der Waals surface area contributed by atoms with E-state index in [2.05, 4.69) is 15.8 Å². The fraction of sp³-hybridized carbons (Fsp3) is 0.125. The predicted octanol–water partition coefficient (Wildman–Crippen LogP) is 4.90. The van der Waals surface area contributed by atoms with E-state index in [1.807, 2.05) is 48.5 Å². The maximum absolute atomic E-state index is 12.1. The van der Waals surface area contributed by atoms with Crippen LogP contribution >= 0.6 is 23.2 Å². The molecule has 1 atom stereocenters. The first-order valence-electron chi connectivity index (χ1n) is 9.78. The number of hydrogen-bond acceptors (Lipinski definition) is 4. The lowest BCUT2D eigenvalue weighted by Gasteiger charge is -2.13. The number of nitrogens with one attached hydrogen (secondary N) is 2. The number of ether oxygens (including phenoxy) is 1. The summed E-state index contributed by atoms with van der Waals surface area (Å²) in [6.45, 7) is 2.07. The summed E-state index contributed by atoms with van der Waals surface area (Å²) in [5, 5.41) is 7.44. The van der Waals surface area contributed by atoms with E-state index in [9.17, 15) is 9.59 Å². The molecule has 0 bridgehead atoms. The van der Waals surface area contributed by atoms with Gasteiger partial charge in [-0.3, -0.25) is 9.59 Å². The zero-order valence-corrected chi connectivity index (χ0v) is 18.7. The highest BCUT2D eigenvalue weighted by atomic mass is 35.5. The van der Waals surface area contributed by atoms with Gasteiger partial charge in [-0.05, 0) is 42.3 Å². The summed E-state index contributed by atoms with van der Waals surface area (Å²) in [7, 11) is 0. The predicted molar refractivity (Wildman–Crippen MR) is 126 cm³/mol. The molecule has 0 radical (unpaired) electrons. The molecule has 6 nitrogen and oxygen atoms in total. The van der Waals surface area contributed by atoms with Crippen LogP contribution in [0.25, 0.3) is 0 Å². The van der Waals surface area contributed by atoms with Crippen LogP contribution in [0.3, 0.4) is 0 Å². The normalized spacial score (nSPS) is 11.7. The number of carbonyl (C=O) groups excluding carboxylic acids is 2. The molecule has 0 spiro atoms. The second-order valence-electron chi connectivity index (χ2n) is 6.88. The van der Waals surface area contributed by atoms with Crippen LogP contribution in [0.15, 0.2) is 77.9 Å². The van der Waals surface area contributed by atoms with Crippen molar-refractivity contribution in [2.24, 2.45) is 5.10 Å². The van der Waals surface area contributed by atoms with Gasteiger partial charge in [-0.15, -0.1) is 0 Å². The molecule has 0 saturated carbocycles. The second kappa shape index (κ2) is 11.3. The van der Waals surface area contributed by atoms with Crippen molar-refractivity contribution in [3.63, 3.8) is 0 Å². The molecule has 3 aromatic carbocycles. The van der Waals surface area contributed by atoms with Gasteiger partial charge in [-0.2, -0.15) is 5.10 Å². The van der Waals surface area contributed by atoms with Crippen molar-refractivity contribution in [3.05, 3.63) is 99.5 Å². The van der Waals surface area contributed by atoms with Gasteiger partial charge in [0, 0.05) is 5.56 Å². The minimum atomic E-state index is -0.863. The van der Waals surface area contributed by atoms with E-state index in [-0.39, 0.29) is 12.6 Å². The van der Waals surface area contributed by atoms with E-state index >= 15 is 0 Å². The number of nitrogens with zero attached hydrogens (tertiary/aromatic N) is 1. The van der Waals surface area contributed by atoms with Gasteiger partial charge >= 0.3 is 11.8 Å². The Balaban J connectivity index is 1.56. The average Bonchev–Trinajstić information content (AvgIpc) is 2.81. The number of amides is 2. The molecule has 2 amide bonds. The molecule has 8 heteroatoms. The van der Waals surface area contributed by atoms with Crippen LogP contribution in [0.2, 0.25) is 10.0 Å². The lowest BCUT2D eigenvalue weighted by atomic mass is 10.1. The largest absolute Gasteiger partial charge is 0.488 e. The third-order valence-corrected chi connectivity index (χ3v) is 5.26. The molecule has 0 fully saturated rings. The smallest absolute Gasteiger partial charge is 0.329 e. The van der Waals surface area contributed by atoms with Crippen molar-refractivity contribution in [3.8, 4) is 5.75 Å². The number of halogens is 2. The molecule has 2 N–H and O–H groups in total. The van der Waals surface area contributed by atoms with E-state index in [0.717, 1.165) is 11.1 Å². The fourth-order valence-electron chi connectivity index (χ4n) is 2.81. The molecular weight excluding hydrogens is 449 g/mol. The zero-order chi connectivity index (χ0) is 22.9. The van der Waals surface area contributed by atoms with Crippen LogP contribution in [-0.2, 0) is 16.2 Å². The molecule has 0 aliphatic rings. The Morgan fingerprint density at radius 3 is 2.44 bits per heavy atom. The Labute approximate surface area is 196 Å². The summed E-state index contributed by atoms with van der Waals surface area (Å²) < 4.78 is 5.84. The van der Waals surface area contributed by atoms with Gasteiger partial charge in [0.05, 0.1) is 22.3 Å². The van der Waals surface area contributed by atoms with Gasteiger partial charge in [0.15, 0.2) is 0 Å². The van der Waals surface area contributed by atoms with Crippen molar-refractivity contribution in [2.45, 2.75) is 19.6 Å². The quantitative estimate of drug-likeness (QED) is 0.293. The van der Waals surface area contributed by atoms with Gasteiger partial charge < -0.3 is 10.1 Å². The van der Waals surface area contributed by atoms with Crippen molar-refractivity contribution in [2.75, 3.05) is 0 Å². The summed E-state index contributed by atoms with van der Waals surface area (Å²) in [5.41, 5.74) is 4.61. The molecule has 32 heavy (non-hydrogen) atoms. The molecule has 0 aliphatic carbocycles. The maximum Gasteiger partial charge on any atom is 0.329 e. The molecule has 3 aromatic rings. The van der Waals surface area contributed by atoms with E-state index in [4.69, 9.17) is 27.9 Å². The minimum Gasteiger partial charge on any atom is -0.488 e. The monoisotopic (exact) mass is 469 g/mol. The Morgan fingerprint density at radius 1 is 0.969 bits per heavy atom. The van der Waals surface area contributed by atoms with Crippen LogP contribution < -0.4 is 15.5 Å². The lowest BCUT2D eigenvalue weighted by molar-refractivity contribution is -0.139. The van der Waals surface area contributed by atoms with Gasteiger partial charge in [0.25, 0.3) is 0 Å². The van der Waals surface area contributed by atoms with Crippen molar-refractivity contribution in [1.82, 2.24) is 10.7 Å². The van der Waals surface area contributed by atoms with Crippen LogP contribution in [0.4, 0.5) is 0 Å². The van der Waals surface area contributed by atoms with Gasteiger partial charge in [0.2, 0.25) is 0 Å². The number of hydrogen-bond donors (Lipinski definition) is 2. The van der Waals surface area contributed by atoms with Gasteiger partial charge in [-0.1, -0.05) is 71.7 Å². The van der Waals surface area contributed by atoms with E-state index < -0.39 is 11.8 Å². The van der Waals surface area contributed by atoms with Crippen molar-refractivity contribution in [1.29, 1.82) is 0 Å². The highest BCUT2D eigenvalue weighted by molar-refractivity contribution is 6.42. The Bertz CT molecular complexity index is 1120. The van der Waals surface area contributed by atoms with Gasteiger partial charge in [-0.25, -0.2) is 5.43 Å². The summed E-state index contributed by atoms with van der Waals surface area (Å²) in [6, 6.07) is 21.5. The molecule has 164 valence electrons. The summed E-state index contributed by atoms with van der Waals surface area (Å²) >= 11 is 12.0. The highest BCUT2D eigenvalue weighted by Crippen LogP contribution is 2.24. The SMILES string of the molecule is C[C@@H](NC(=O)C(=O)N/N=C\c1ccccc1OCc1ccc(Cl)c(Cl)c1)c1ccccc1. The van der Waals surface area contributed by atoms with E-state index in [0.29, 0.717) is 21.4 Å². The number of hydrazone groups is 1. The molecule has 0 heterocycles. The van der Waals surface area contributed by atoms with Crippen LogP contribution in [-0.4, -0.2) is 18.0 Å².